The molecule has 1 atom stereocenters. The number of dihydropyridines is 1. The van der Waals surface area contributed by atoms with Crippen molar-refractivity contribution in [2.24, 2.45) is 0 Å². The smallest absolute Gasteiger partial charge is 0.346 e. The number of H-pyrrole nitrogens is 1. The van der Waals surface area contributed by atoms with E-state index in [1.807, 2.05) is 0 Å². The molecule has 12 heteroatoms. The van der Waals surface area contributed by atoms with Crippen molar-refractivity contribution in [3.8, 4) is 11.3 Å². The minimum absolute atomic E-state index is 0.0178. The SMILES string of the molecule is C=C1C=C(c2ccnc3[nH]c(-c4cnc(C(F)(F)F)nc4)cc23)C=C(N2CCCCC2C(F)(F)F)N1. The van der Waals surface area contributed by atoms with Crippen LogP contribution in [0.15, 0.2) is 61.0 Å². The molecular weight excluding hydrogens is 486 g/mol. The Morgan fingerprint density at radius 2 is 1.75 bits per heavy atom. The zero-order chi connectivity index (χ0) is 25.7. The lowest BCUT2D eigenvalue weighted by molar-refractivity contribution is -0.186. The van der Waals surface area contributed by atoms with Gasteiger partial charge in [-0.15, -0.1) is 0 Å². The molecule has 0 saturated carbocycles. The van der Waals surface area contributed by atoms with Gasteiger partial charge in [0.2, 0.25) is 5.82 Å². The van der Waals surface area contributed by atoms with E-state index in [1.54, 1.807) is 30.5 Å². The fourth-order valence-corrected chi connectivity index (χ4v) is 4.53. The Hall–Kier alpha value is -3.83. The molecule has 5 rings (SSSR count). The number of rotatable bonds is 3. The highest BCUT2D eigenvalue weighted by Crippen LogP contribution is 2.37. The number of fused-ring (bicyclic) bond motifs is 1. The second-order valence-electron chi connectivity index (χ2n) is 8.62. The summed E-state index contributed by atoms with van der Waals surface area (Å²) < 4.78 is 79.5. The van der Waals surface area contributed by atoms with Gasteiger partial charge in [0.1, 0.15) is 17.5 Å². The second-order valence-corrected chi connectivity index (χ2v) is 8.62. The number of aromatic amines is 1. The lowest BCUT2D eigenvalue weighted by atomic mass is 9.98. The molecule has 3 aromatic heterocycles. The van der Waals surface area contributed by atoms with Gasteiger partial charge in [0.15, 0.2) is 0 Å². The molecule has 2 aliphatic rings. The number of halogens is 6. The number of piperidine rings is 1. The highest BCUT2D eigenvalue weighted by atomic mass is 19.4. The summed E-state index contributed by atoms with van der Waals surface area (Å²) in [6.07, 6.45) is -0.801. The highest BCUT2D eigenvalue weighted by molar-refractivity contribution is 5.96. The van der Waals surface area contributed by atoms with Gasteiger partial charge in [-0.25, -0.2) is 15.0 Å². The van der Waals surface area contributed by atoms with E-state index in [0.717, 1.165) is 12.4 Å². The minimum Gasteiger partial charge on any atom is -0.346 e. The molecule has 0 bridgehead atoms. The van der Waals surface area contributed by atoms with Crippen LogP contribution in [-0.2, 0) is 6.18 Å². The van der Waals surface area contributed by atoms with E-state index in [-0.39, 0.29) is 13.0 Å². The summed E-state index contributed by atoms with van der Waals surface area (Å²) in [5.74, 6) is -0.927. The first-order valence-corrected chi connectivity index (χ1v) is 11.1. The average molecular weight is 506 g/mol. The Morgan fingerprint density at radius 1 is 1.00 bits per heavy atom. The van der Waals surface area contributed by atoms with Crippen molar-refractivity contribution in [1.29, 1.82) is 0 Å². The number of aromatic nitrogens is 4. The Morgan fingerprint density at radius 3 is 2.44 bits per heavy atom. The summed E-state index contributed by atoms with van der Waals surface area (Å²) in [6, 6.07) is 1.83. The van der Waals surface area contributed by atoms with Gasteiger partial charge in [-0.05, 0) is 54.7 Å². The third kappa shape index (κ3) is 4.54. The molecule has 0 radical (unpaired) electrons. The van der Waals surface area contributed by atoms with Crippen molar-refractivity contribution in [1.82, 2.24) is 30.2 Å². The normalized spacial score (nSPS) is 19.2. The molecule has 36 heavy (non-hydrogen) atoms. The molecule has 5 heterocycles. The summed E-state index contributed by atoms with van der Waals surface area (Å²) in [7, 11) is 0. The van der Waals surface area contributed by atoms with Crippen LogP contribution in [0.4, 0.5) is 26.3 Å². The van der Waals surface area contributed by atoms with Gasteiger partial charge in [0.05, 0.1) is 5.69 Å². The number of pyridine rings is 1. The van der Waals surface area contributed by atoms with Gasteiger partial charge in [0.25, 0.3) is 0 Å². The summed E-state index contributed by atoms with van der Waals surface area (Å²) in [5, 5.41) is 3.60. The minimum atomic E-state index is -4.65. The first-order valence-electron chi connectivity index (χ1n) is 11.1. The van der Waals surface area contributed by atoms with Gasteiger partial charge >= 0.3 is 12.4 Å². The fraction of sp³-hybridized carbons (Fsp3) is 0.292. The molecule has 2 aliphatic heterocycles. The van der Waals surface area contributed by atoms with Crippen molar-refractivity contribution in [3.05, 3.63) is 72.4 Å². The number of likely N-dealkylation sites (tertiary alicyclic amines) is 1. The van der Waals surface area contributed by atoms with E-state index in [9.17, 15) is 26.3 Å². The van der Waals surface area contributed by atoms with Crippen LogP contribution >= 0.6 is 0 Å². The molecule has 0 spiro atoms. The number of alkyl halides is 6. The molecule has 0 aliphatic carbocycles. The first-order chi connectivity index (χ1) is 17.0. The third-order valence-corrected chi connectivity index (χ3v) is 6.16. The standard InChI is InChI=1S/C24H20F6N6/c1-13-8-14(9-20(34-13)36-7-3-2-4-19(36)23(25,26)27)16-5-6-31-21-17(16)10-18(35-21)15-11-32-22(33-12-15)24(28,29)30/h5-6,8-12,19,34H,1-4,7H2,(H,31,35). The number of allylic oxidation sites excluding steroid dienone is 3. The van der Waals surface area contributed by atoms with E-state index in [4.69, 9.17) is 0 Å². The van der Waals surface area contributed by atoms with Gasteiger partial charge < -0.3 is 15.2 Å². The Labute approximate surface area is 201 Å². The quantitative estimate of drug-likeness (QED) is 0.440. The van der Waals surface area contributed by atoms with E-state index in [0.29, 0.717) is 57.8 Å². The highest BCUT2D eigenvalue weighted by Gasteiger charge is 2.45. The van der Waals surface area contributed by atoms with Gasteiger partial charge in [-0.2, -0.15) is 26.3 Å². The molecule has 3 aromatic rings. The van der Waals surface area contributed by atoms with Crippen LogP contribution in [0, 0.1) is 0 Å². The number of nitrogens with zero attached hydrogens (tertiary/aromatic N) is 4. The van der Waals surface area contributed by atoms with Gasteiger partial charge in [-0.3, -0.25) is 0 Å². The summed E-state index contributed by atoms with van der Waals surface area (Å²) in [6.45, 7) is 4.18. The molecule has 0 aromatic carbocycles. The van der Waals surface area contributed by atoms with Crippen LogP contribution in [-0.4, -0.2) is 43.6 Å². The van der Waals surface area contributed by atoms with Crippen LogP contribution in [0.2, 0.25) is 0 Å². The van der Waals surface area contributed by atoms with Crippen LogP contribution in [0.5, 0.6) is 0 Å². The number of hydrogen-bond acceptors (Lipinski definition) is 5. The van der Waals surface area contributed by atoms with E-state index in [2.05, 4.69) is 31.8 Å². The maximum atomic E-state index is 13.7. The van der Waals surface area contributed by atoms with E-state index >= 15 is 0 Å². The van der Waals surface area contributed by atoms with Crippen molar-refractivity contribution in [3.63, 3.8) is 0 Å². The van der Waals surface area contributed by atoms with Crippen molar-refractivity contribution in [2.75, 3.05) is 6.54 Å². The van der Waals surface area contributed by atoms with Crippen LogP contribution in [0.25, 0.3) is 27.9 Å². The molecule has 6 nitrogen and oxygen atoms in total. The zero-order valence-corrected chi connectivity index (χ0v) is 18.7. The summed E-state index contributed by atoms with van der Waals surface area (Å²) in [5.41, 5.74) is 2.97. The molecule has 1 fully saturated rings. The summed E-state index contributed by atoms with van der Waals surface area (Å²) >= 11 is 0. The lowest BCUT2D eigenvalue weighted by Crippen LogP contribution is -2.50. The van der Waals surface area contributed by atoms with E-state index in [1.165, 1.54) is 4.90 Å². The molecule has 2 N–H and O–H groups in total. The Bertz CT molecular complexity index is 1370. The van der Waals surface area contributed by atoms with Crippen LogP contribution in [0.3, 0.4) is 0 Å². The van der Waals surface area contributed by atoms with Crippen molar-refractivity contribution < 1.29 is 26.3 Å². The second kappa shape index (κ2) is 8.68. The number of hydrogen-bond donors (Lipinski definition) is 2. The molecule has 188 valence electrons. The molecule has 0 amide bonds. The van der Waals surface area contributed by atoms with E-state index < -0.39 is 24.2 Å². The Balaban J connectivity index is 1.52. The zero-order valence-electron chi connectivity index (χ0n) is 18.7. The first kappa shape index (κ1) is 23.9. The monoisotopic (exact) mass is 506 g/mol. The molecule has 1 saturated heterocycles. The van der Waals surface area contributed by atoms with Crippen molar-refractivity contribution >= 4 is 16.6 Å². The number of nitrogens with one attached hydrogen (secondary N) is 2. The van der Waals surface area contributed by atoms with Crippen LogP contribution in [0.1, 0.15) is 30.7 Å². The topological polar surface area (TPSA) is 69.7 Å². The van der Waals surface area contributed by atoms with Gasteiger partial charge in [0, 0.05) is 41.8 Å². The maximum Gasteiger partial charge on any atom is 0.451 e. The van der Waals surface area contributed by atoms with Gasteiger partial charge in [-0.1, -0.05) is 6.58 Å². The predicted molar refractivity (Wildman–Crippen MR) is 121 cm³/mol. The molecule has 1 unspecified atom stereocenters. The maximum absolute atomic E-state index is 13.7. The molecular formula is C24H20F6N6. The average Bonchev–Trinajstić information content (AvgIpc) is 3.27. The lowest BCUT2D eigenvalue weighted by Gasteiger charge is -2.40. The largest absolute Gasteiger partial charge is 0.451 e. The summed E-state index contributed by atoms with van der Waals surface area (Å²) in [4.78, 5) is 15.5. The third-order valence-electron chi connectivity index (χ3n) is 6.16. The van der Waals surface area contributed by atoms with Crippen LogP contribution < -0.4 is 5.32 Å². The fourth-order valence-electron chi connectivity index (χ4n) is 4.53. The van der Waals surface area contributed by atoms with Crippen molar-refractivity contribution in [2.45, 2.75) is 37.7 Å². The predicted octanol–water partition coefficient (Wildman–Crippen LogP) is 5.80. The Kier molecular flexibility index (Phi) is 5.76.